The lowest BCUT2D eigenvalue weighted by molar-refractivity contribution is -0.140. The van der Waals surface area contributed by atoms with Crippen molar-refractivity contribution >= 4 is 50.7 Å². The molecule has 0 aromatic heterocycles. The monoisotopic (exact) mass is 603 g/mol. The van der Waals surface area contributed by atoms with Crippen molar-refractivity contribution in [3.63, 3.8) is 0 Å². The molecule has 0 spiro atoms. The second-order valence-corrected chi connectivity index (χ2v) is 13.0. The zero-order valence-corrected chi connectivity index (χ0v) is 25.4. The number of hydrogen-bond donors (Lipinski definition) is 1. The summed E-state index contributed by atoms with van der Waals surface area (Å²) >= 11 is 12.3. The van der Waals surface area contributed by atoms with Gasteiger partial charge < -0.3 is 10.2 Å². The van der Waals surface area contributed by atoms with Crippen LogP contribution in [0.4, 0.5) is 5.69 Å². The molecular formula is C30H35Cl2N3O4S. The van der Waals surface area contributed by atoms with Gasteiger partial charge in [0.2, 0.25) is 21.8 Å². The number of amides is 2. The van der Waals surface area contributed by atoms with Gasteiger partial charge >= 0.3 is 0 Å². The van der Waals surface area contributed by atoms with Gasteiger partial charge in [-0.2, -0.15) is 0 Å². The highest BCUT2D eigenvalue weighted by Gasteiger charge is 2.33. The van der Waals surface area contributed by atoms with Crippen LogP contribution in [0.1, 0.15) is 30.5 Å². The molecule has 3 rings (SSSR count). The van der Waals surface area contributed by atoms with Crippen molar-refractivity contribution in [2.75, 3.05) is 23.7 Å². The molecular weight excluding hydrogens is 569 g/mol. The Morgan fingerprint density at radius 3 is 2.15 bits per heavy atom. The third-order valence-electron chi connectivity index (χ3n) is 6.30. The number of anilines is 1. The lowest BCUT2D eigenvalue weighted by Gasteiger charge is -2.34. The van der Waals surface area contributed by atoms with E-state index >= 15 is 0 Å². The van der Waals surface area contributed by atoms with Crippen LogP contribution in [0.15, 0.2) is 72.8 Å². The van der Waals surface area contributed by atoms with Crippen molar-refractivity contribution in [1.82, 2.24) is 10.2 Å². The highest BCUT2D eigenvalue weighted by Crippen LogP contribution is 2.26. The highest BCUT2D eigenvalue weighted by molar-refractivity contribution is 7.92. The van der Waals surface area contributed by atoms with Gasteiger partial charge in [0.25, 0.3) is 0 Å². The van der Waals surface area contributed by atoms with Crippen molar-refractivity contribution in [1.29, 1.82) is 0 Å². The van der Waals surface area contributed by atoms with E-state index in [4.69, 9.17) is 23.2 Å². The summed E-state index contributed by atoms with van der Waals surface area (Å²) in [6, 6.07) is 20.3. The van der Waals surface area contributed by atoms with Crippen molar-refractivity contribution < 1.29 is 18.0 Å². The molecule has 10 heteroatoms. The minimum Gasteiger partial charge on any atom is -0.354 e. The Bertz CT molecular complexity index is 1430. The number of carbonyl (C=O) groups excluding carboxylic acids is 2. The lowest BCUT2D eigenvalue weighted by Crippen LogP contribution is -2.53. The largest absolute Gasteiger partial charge is 0.354 e. The van der Waals surface area contributed by atoms with E-state index in [1.54, 1.807) is 43.3 Å². The van der Waals surface area contributed by atoms with Crippen LogP contribution < -0.4 is 9.62 Å². The second-order valence-electron chi connectivity index (χ2n) is 10.2. The number of sulfonamides is 1. The van der Waals surface area contributed by atoms with Crippen LogP contribution in [0.2, 0.25) is 10.0 Å². The Labute approximate surface area is 247 Å². The van der Waals surface area contributed by atoms with Gasteiger partial charge in [0.05, 0.1) is 11.9 Å². The number of hydrogen-bond acceptors (Lipinski definition) is 4. The zero-order chi connectivity index (χ0) is 29.4. The molecule has 1 N–H and O–H groups in total. The Kier molecular flexibility index (Phi) is 11.0. The topological polar surface area (TPSA) is 86.8 Å². The van der Waals surface area contributed by atoms with E-state index in [2.05, 4.69) is 5.32 Å². The summed E-state index contributed by atoms with van der Waals surface area (Å²) in [4.78, 5) is 29.2. The first-order valence-electron chi connectivity index (χ1n) is 12.9. The van der Waals surface area contributed by atoms with Gasteiger partial charge in [0, 0.05) is 29.6 Å². The zero-order valence-electron chi connectivity index (χ0n) is 23.1. The van der Waals surface area contributed by atoms with E-state index in [-0.39, 0.29) is 24.8 Å². The minimum absolute atomic E-state index is 0.0587. The maximum absolute atomic E-state index is 14.1. The molecule has 0 aliphatic carbocycles. The molecule has 0 aliphatic rings. The first-order valence-corrected chi connectivity index (χ1v) is 15.5. The van der Waals surface area contributed by atoms with E-state index in [9.17, 15) is 18.0 Å². The molecule has 7 nitrogen and oxygen atoms in total. The maximum Gasteiger partial charge on any atom is 0.244 e. The molecule has 3 aromatic rings. The van der Waals surface area contributed by atoms with Crippen LogP contribution in [-0.2, 0) is 32.6 Å². The Morgan fingerprint density at radius 2 is 1.55 bits per heavy atom. The number of benzene rings is 3. The highest BCUT2D eigenvalue weighted by atomic mass is 35.5. The van der Waals surface area contributed by atoms with Gasteiger partial charge in [-0.05, 0) is 59.9 Å². The fraction of sp³-hybridized carbons (Fsp3) is 0.333. The first-order chi connectivity index (χ1) is 18.8. The number of aryl methyl sites for hydroxylation is 1. The minimum atomic E-state index is -3.87. The van der Waals surface area contributed by atoms with E-state index in [1.807, 2.05) is 50.2 Å². The second kappa shape index (κ2) is 14.0. The summed E-state index contributed by atoms with van der Waals surface area (Å²) in [5.74, 6) is -0.645. The molecule has 0 saturated carbocycles. The molecule has 1 atom stereocenters. The van der Waals surface area contributed by atoms with Gasteiger partial charge in [-0.25, -0.2) is 8.42 Å². The predicted octanol–water partition coefficient (Wildman–Crippen LogP) is 5.48. The average molecular weight is 605 g/mol. The number of carbonyl (C=O) groups is 2. The van der Waals surface area contributed by atoms with Gasteiger partial charge in [-0.3, -0.25) is 13.9 Å². The van der Waals surface area contributed by atoms with E-state index in [0.717, 1.165) is 16.1 Å². The number of nitrogens with one attached hydrogen (secondary N) is 1. The van der Waals surface area contributed by atoms with Crippen LogP contribution in [-0.4, -0.2) is 50.5 Å². The van der Waals surface area contributed by atoms with Crippen LogP contribution in [0.5, 0.6) is 0 Å². The van der Waals surface area contributed by atoms with Crippen molar-refractivity contribution in [2.24, 2.45) is 5.92 Å². The van der Waals surface area contributed by atoms with Gasteiger partial charge in [0.1, 0.15) is 12.6 Å². The number of nitrogens with zero attached hydrogens (tertiary/aromatic N) is 2. The van der Waals surface area contributed by atoms with Gasteiger partial charge in [-0.1, -0.05) is 79.5 Å². The number of halogens is 2. The summed E-state index contributed by atoms with van der Waals surface area (Å²) in [6.45, 7) is 5.70. The van der Waals surface area contributed by atoms with Crippen molar-refractivity contribution in [2.45, 2.75) is 39.8 Å². The molecule has 0 fully saturated rings. The third-order valence-corrected chi connectivity index (χ3v) is 7.90. The van der Waals surface area contributed by atoms with Crippen LogP contribution >= 0.6 is 23.2 Å². The van der Waals surface area contributed by atoms with E-state index in [0.29, 0.717) is 33.4 Å². The molecule has 0 aliphatic heterocycles. The molecule has 0 radical (unpaired) electrons. The number of rotatable bonds is 12. The molecule has 0 unspecified atom stereocenters. The van der Waals surface area contributed by atoms with Crippen molar-refractivity contribution in [3.05, 3.63) is 99.5 Å². The molecule has 0 heterocycles. The fourth-order valence-corrected chi connectivity index (χ4v) is 5.65. The summed E-state index contributed by atoms with van der Waals surface area (Å²) < 4.78 is 26.9. The van der Waals surface area contributed by atoms with Gasteiger partial charge in [0.15, 0.2) is 0 Å². The maximum atomic E-state index is 14.1. The SMILES string of the molecule is Cc1cc(Cl)ccc1N(CC(=O)N(Cc1cccc(Cl)c1)[C@H](Cc1ccccc1)C(=O)NCC(C)C)S(C)(=O)=O. The quantitative estimate of drug-likeness (QED) is 0.297. The third kappa shape index (κ3) is 8.98. The van der Waals surface area contributed by atoms with Gasteiger partial charge in [-0.15, -0.1) is 0 Å². The summed E-state index contributed by atoms with van der Waals surface area (Å²) in [5, 5.41) is 3.90. The predicted molar refractivity (Wildman–Crippen MR) is 162 cm³/mol. The Balaban J connectivity index is 2.07. The van der Waals surface area contributed by atoms with Crippen molar-refractivity contribution in [3.8, 4) is 0 Å². The fourth-order valence-electron chi connectivity index (χ4n) is 4.30. The van der Waals surface area contributed by atoms with E-state index < -0.39 is 28.5 Å². The molecule has 0 bridgehead atoms. The molecule has 214 valence electrons. The summed E-state index contributed by atoms with van der Waals surface area (Å²) in [6.07, 6.45) is 1.29. The van der Waals surface area contributed by atoms with Crippen LogP contribution in [0.25, 0.3) is 0 Å². The molecule has 3 aromatic carbocycles. The summed E-state index contributed by atoms with van der Waals surface area (Å²) in [5.41, 5.74) is 2.52. The normalized spacial score (nSPS) is 12.2. The molecule has 40 heavy (non-hydrogen) atoms. The standard InChI is InChI=1S/C30H35Cl2N3O4S/c1-21(2)18-33-30(37)28(17-23-9-6-5-7-10-23)34(19-24-11-8-12-25(31)16-24)29(36)20-35(40(4,38)39)27-14-13-26(32)15-22(27)3/h5-16,21,28H,17-20H2,1-4H3,(H,33,37)/t28-/m1/s1. The average Bonchev–Trinajstić information content (AvgIpc) is 2.88. The first kappa shape index (κ1) is 31.5. The lowest BCUT2D eigenvalue weighted by atomic mass is 10.0. The van der Waals surface area contributed by atoms with Crippen LogP contribution in [0.3, 0.4) is 0 Å². The molecule has 2 amide bonds. The van der Waals surface area contributed by atoms with Crippen LogP contribution in [0, 0.1) is 12.8 Å². The van der Waals surface area contributed by atoms with E-state index in [1.165, 1.54) is 4.90 Å². The smallest absolute Gasteiger partial charge is 0.244 e. The Hall–Kier alpha value is -3.07. The Morgan fingerprint density at radius 1 is 0.900 bits per heavy atom. The molecule has 0 saturated heterocycles. The summed E-state index contributed by atoms with van der Waals surface area (Å²) in [7, 11) is -3.87.